The second-order valence-corrected chi connectivity index (χ2v) is 8.43. The van der Waals surface area contributed by atoms with E-state index in [4.69, 9.17) is 9.47 Å². The number of nitrogens with zero attached hydrogens (tertiary/aromatic N) is 1. The number of hydrogen-bond acceptors (Lipinski definition) is 6. The molecule has 31 heavy (non-hydrogen) atoms. The Balaban J connectivity index is 2.11. The van der Waals surface area contributed by atoms with Gasteiger partial charge in [-0.2, -0.15) is 18.2 Å². The Labute approximate surface area is 180 Å². The lowest BCUT2D eigenvalue weighted by Gasteiger charge is -2.16. The van der Waals surface area contributed by atoms with E-state index in [1.165, 1.54) is 19.2 Å². The third-order valence-corrected chi connectivity index (χ3v) is 5.79. The molecule has 172 valence electrons. The summed E-state index contributed by atoms with van der Waals surface area (Å²) in [7, 11) is -2.73. The predicted octanol–water partition coefficient (Wildman–Crippen LogP) is 3.94. The first-order valence-electron chi connectivity index (χ1n) is 9.66. The Bertz CT molecular complexity index is 951. The Hall–Kier alpha value is -2.53. The summed E-state index contributed by atoms with van der Waals surface area (Å²) in [6.07, 6.45) is -3.40. The van der Waals surface area contributed by atoms with Crippen molar-refractivity contribution in [2.45, 2.75) is 37.3 Å². The zero-order valence-corrected chi connectivity index (χ0v) is 18.3. The molecule has 0 saturated carbocycles. The van der Waals surface area contributed by atoms with Crippen LogP contribution in [0.15, 0.2) is 41.3 Å². The van der Waals surface area contributed by atoms with Crippen molar-refractivity contribution in [1.82, 2.24) is 10.3 Å². The quantitative estimate of drug-likeness (QED) is 0.493. The van der Waals surface area contributed by atoms with Crippen LogP contribution >= 0.6 is 0 Å². The maximum Gasteiger partial charge on any atom is 0.395 e. The number of anilines is 1. The molecule has 0 fully saturated rings. The zero-order chi connectivity index (χ0) is 23.1. The molecule has 0 amide bonds. The summed E-state index contributed by atoms with van der Waals surface area (Å²) in [4.78, 5) is 3.94. The summed E-state index contributed by atoms with van der Waals surface area (Å²) < 4.78 is 76.8. The van der Waals surface area contributed by atoms with Crippen LogP contribution in [0.5, 0.6) is 11.8 Å². The van der Waals surface area contributed by atoms with Gasteiger partial charge in [-0.1, -0.05) is 19.1 Å². The Kier molecular flexibility index (Phi) is 8.52. The first-order valence-corrected chi connectivity index (χ1v) is 11.1. The molecule has 2 N–H and O–H groups in total. The lowest BCUT2D eigenvalue weighted by molar-refractivity contribution is -0.146. The number of aromatic nitrogens is 1. The van der Waals surface area contributed by atoms with Gasteiger partial charge in [0.1, 0.15) is 12.3 Å². The standard InChI is InChI=1S/C20H26F3N3O4S/c1-4-11-24-12-13-30-18-10-9-17(19(25-18)29-3)26-31(27,28)16-7-5-15(6-8-16)14(2)20(21,22)23/h5-10,14,24,26H,4,11-13H2,1-3H3. The molecule has 0 aliphatic rings. The van der Waals surface area contributed by atoms with Crippen molar-refractivity contribution in [3.8, 4) is 11.8 Å². The van der Waals surface area contributed by atoms with Crippen molar-refractivity contribution in [1.29, 1.82) is 0 Å². The minimum atomic E-state index is -4.41. The molecule has 0 aliphatic carbocycles. The number of hydrogen-bond donors (Lipinski definition) is 2. The Morgan fingerprint density at radius 3 is 2.35 bits per heavy atom. The number of sulfonamides is 1. The summed E-state index contributed by atoms with van der Waals surface area (Å²) in [5, 5.41) is 3.18. The number of alkyl halides is 3. The van der Waals surface area contributed by atoms with E-state index in [1.807, 2.05) is 0 Å². The third kappa shape index (κ3) is 7.00. The maximum absolute atomic E-state index is 12.8. The molecule has 2 rings (SSSR count). The smallest absolute Gasteiger partial charge is 0.395 e. The Morgan fingerprint density at radius 1 is 1.10 bits per heavy atom. The molecular weight excluding hydrogens is 435 g/mol. The van der Waals surface area contributed by atoms with Crippen molar-refractivity contribution < 1.29 is 31.1 Å². The van der Waals surface area contributed by atoms with Crippen molar-refractivity contribution in [2.75, 3.05) is 31.5 Å². The maximum atomic E-state index is 12.8. The van der Waals surface area contributed by atoms with Gasteiger partial charge in [-0.3, -0.25) is 4.72 Å². The molecule has 0 saturated heterocycles. The fraction of sp³-hybridized carbons (Fsp3) is 0.450. The number of nitrogens with one attached hydrogen (secondary N) is 2. The van der Waals surface area contributed by atoms with E-state index in [2.05, 4.69) is 21.9 Å². The lowest BCUT2D eigenvalue weighted by atomic mass is 10.0. The third-order valence-electron chi connectivity index (χ3n) is 4.41. The molecule has 7 nitrogen and oxygen atoms in total. The van der Waals surface area contributed by atoms with E-state index in [0.29, 0.717) is 13.2 Å². The van der Waals surface area contributed by atoms with E-state index in [9.17, 15) is 21.6 Å². The Morgan fingerprint density at radius 2 is 1.77 bits per heavy atom. The molecule has 1 heterocycles. The van der Waals surface area contributed by atoms with Crippen LogP contribution in [0.4, 0.5) is 18.9 Å². The van der Waals surface area contributed by atoms with Gasteiger partial charge < -0.3 is 14.8 Å². The summed E-state index contributed by atoms with van der Waals surface area (Å²) in [5.41, 5.74) is 0.0484. The minimum absolute atomic E-state index is 0.00454. The summed E-state index contributed by atoms with van der Waals surface area (Å²) in [6.45, 7) is 4.95. The number of methoxy groups -OCH3 is 1. The average Bonchev–Trinajstić information content (AvgIpc) is 2.73. The first kappa shape index (κ1) is 24.7. The van der Waals surface area contributed by atoms with Gasteiger partial charge in [0.2, 0.25) is 11.8 Å². The average molecular weight is 462 g/mol. The van der Waals surface area contributed by atoms with Gasteiger partial charge in [-0.15, -0.1) is 0 Å². The van der Waals surface area contributed by atoms with Crippen LogP contribution < -0.4 is 19.5 Å². The predicted molar refractivity (Wildman–Crippen MR) is 111 cm³/mol. The van der Waals surface area contributed by atoms with E-state index >= 15 is 0 Å². The van der Waals surface area contributed by atoms with Gasteiger partial charge in [-0.05, 0) is 43.7 Å². The van der Waals surface area contributed by atoms with Crippen LogP contribution in [-0.4, -0.2) is 46.4 Å². The van der Waals surface area contributed by atoms with E-state index < -0.39 is 22.1 Å². The number of pyridine rings is 1. The molecular formula is C20H26F3N3O4S. The molecule has 1 unspecified atom stereocenters. The molecule has 11 heteroatoms. The van der Waals surface area contributed by atoms with Crippen LogP contribution in [0.3, 0.4) is 0 Å². The van der Waals surface area contributed by atoms with Crippen molar-refractivity contribution >= 4 is 15.7 Å². The highest BCUT2D eigenvalue weighted by Crippen LogP contribution is 2.34. The molecule has 2 aromatic rings. The number of benzene rings is 1. The van der Waals surface area contributed by atoms with Gasteiger partial charge in [0.05, 0.1) is 17.9 Å². The highest BCUT2D eigenvalue weighted by Gasteiger charge is 2.37. The number of halogens is 3. The molecule has 0 bridgehead atoms. The largest absolute Gasteiger partial charge is 0.479 e. The van der Waals surface area contributed by atoms with Gasteiger partial charge in [0.15, 0.2) is 0 Å². The summed E-state index contributed by atoms with van der Waals surface area (Å²) in [6, 6.07) is 7.48. The highest BCUT2D eigenvalue weighted by molar-refractivity contribution is 7.92. The van der Waals surface area contributed by atoms with Crippen LogP contribution in [0, 0.1) is 0 Å². The van der Waals surface area contributed by atoms with Crippen molar-refractivity contribution in [3.05, 3.63) is 42.0 Å². The fourth-order valence-electron chi connectivity index (χ4n) is 2.60. The molecule has 0 radical (unpaired) electrons. The second-order valence-electron chi connectivity index (χ2n) is 6.74. The van der Waals surface area contributed by atoms with Crippen LogP contribution in [0.1, 0.15) is 31.7 Å². The molecule has 1 aromatic carbocycles. The van der Waals surface area contributed by atoms with Gasteiger partial charge in [0, 0.05) is 12.6 Å². The second kappa shape index (κ2) is 10.7. The van der Waals surface area contributed by atoms with E-state index in [0.717, 1.165) is 44.2 Å². The lowest BCUT2D eigenvalue weighted by Crippen LogP contribution is -2.21. The van der Waals surface area contributed by atoms with Gasteiger partial charge >= 0.3 is 6.18 Å². The molecule has 1 aromatic heterocycles. The van der Waals surface area contributed by atoms with Gasteiger partial charge in [0.25, 0.3) is 10.0 Å². The van der Waals surface area contributed by atoms with Crippen LogP contribution in [0.2, 0.25) is 0 Å². The highest BCUT2D eigenvalue weighted by atomic mass is 32.2. The SMILES string of the molecule is CCCNCCOc1ccc(NS(=O)(=O)c2ccc(C(C)C(F)(F)F)cc2)c(OC)n1. The van der Waals surface area contributed by atoms with Crippen molar-refractivity contribution in [2.24, 2.45) is 0 Å². The zero-order valence-electron chi connectivity index (χ0n) is 17.5. The number of ether oxygens (including phenoxy) is 2. The summed E-state index contributed by atoms with van der Waals surface area (Å²) in [5.74, 6) is -1.43. The summed E-state index contributed by atoms with van der Waals surface area (Å²) >= 11 is 0. The van der Waals surface area contributed by atoms with E-state index in [1.54, 1.807) is 0 Å². The first-order chi connectivity index (χ1) is 14.6. The minimum Gasteiger partial charge on any atom is -0.479 e. The molecule has 0 aliphatic heterocycles. The van der Waals surface area contributed by atoms with Crippen LogP contribution in [0.25, 0.3) is 0 Å². The number of rotatable bonds is 11. The topological polar surface area (TPSA) is 89.6 Å². The molecule has 1 atom stereocenters. The van der Waals surface area contributed by atoms with Crippen LogP contribution in [-0.2, 0) is 10.0 Å². The molecule has 0 spiro atoms. The van der Waals surface area contributed by atoms with E-state index in [-0.39, 0.29) is 27.9 Å². The fourth-order valence-corrected chi connectivity index (χ4v) is 3.65. The van der Waals surface area contributed by atoms with Crippen molar-refractivity contribution in [3.63, 3.8) is 0 Å². The normalized spacial score (nSPS) is 13.0. The monoisotopic (exact) mass is 461 g/mol. The van der Waals surface area contributed by atoms with Gasteiger partial charge in [-0.25, -0.2) is 8.42 Å².